The van der Waals surface area contributed by atoms with Crippen molar-refractivity contribution in [2.75, 3.05) is 11.9 Å². The molecule has 2 aromatic carbocycles. The number of nitrogens with one attached hydrogen (secondary N) is 2. The number of aliphatic carboxylic acids is 1. The van der Waals surface area contributed by atoms with E-state index in [2.05, 4.69) is 15.0 Å². The molecule has 0 unspecified atom stereocenters. The van der Waals surface area contributed by atoms with Crippen LogP contribution in [0.15, 0.2) is 63.9 Å². The van der Waals surface area contributed by atoms with E-state index in [0.717, 1.165) is 0 Å². The van der Waals surface area contributed by atoms with E-state index in [-0.39, 0.29) is 10.9 Å². The molecule has 2 rings (SSSR count). The number of carbonyl (C=O) groups is 1. The van der Waals surface area contributed by atoms with Crippen molar-refractivity contribution < 1.29 is 18.3 Å². The summed E-state index contributed by atoms with van der Waals surface area (Å²) in [5, 5.41) is 14.3. The van der Waals surface area contributed by atoms with Crippen molar-refractivity contribution in [2.24, 2.45) is 4.40 Å². The van der Waals surface area contributed by atoms with Crippen LogP contribution in [0.25, 0.3) is 0 Å². The largest absolute Gasteiger partial charge is 0.480 e. The lowest BCUT2D eigenvalue weighted by Crippen LogP contribution is -2.35. The Morgan fingerprint density at radius 3 is 2.46 bits per heavy atom. The second-order valence-electron chi connectivity index (χ2n) is 4.61. The van der Waals surface area contributed by atoms with Gasteiger partial charge < -0.3 is 15.7 Å². The molecule has 0 saturated carbocycles. The number of carboxylic acid groups (broad SMARTS) is 1. The zero-order valence-corrected chi connectivity index (χ0v) is 13.9. The average Bonchev–Trinajstić information content (AvgIpc) is 2.53. The Labute approximate surface area is 144 Å². The van der Waals surface area contributed by atoms with Gasteiger partial charge in [0.25, 0.3) is 10.0 Å². The minimum Gasteiger partial charge on any atom is -0.480 e. The Balaban J connectivity index is 2.32. The van der Waals surface area contributed by atoms with Crippen molar-refractivity contribution >= 4 is 39.2 Å². The number of hydrogen-bond acceptors (Lipinski definition) is 3. The van der Waals surface area contributed by atoms with Gasteiger partial charge in [0.05, 0.1) is 4.90 Å². The normalized spacial score (nSPS) is 11.8. The van der Waals surface area contributed by atoms with Crippen LogP contribution in [-0.2, 0) is 14.8 Å². The third kappa shape index (κ3) is 5.25. The molecule has 0 aliphatic carbocycles. The van der Waals surface area contributed by atoms with Gasteiger partial charge in [0, 0.05) is 10.7 Å². The van der Waals surface area contributed by atoms with Crippen LogP contribution < -0.4 is 10.6 Å². The van der Waals surface area contributed by atoms with E-state index in [1.807, 2.05) is 0 Å². The lowest BCUT2D eigenvalue weighted by atomic mass is 10.3. The number of carboxylic acids is 1. The summed E-state index contributed by atoms with van der Waals surface area (Å²) in [6, 6.07) is 14.1. The Hall–Kier alpha value is -2.58. The van der Waals surface area contributed by atoms with Gasteiger partial charge in [-0.05, 0) is 30.3 Å². The lowest BCUT2D eigenvalue weighted by Gasteiger charge is -2.11. The van der Waals surface area contributed by atoms with Crippen LogP contribution >= 0.6 is 11.6 Å². The molecule has 0 heterocycles. The second-order valence-corrected chi connectivity index (χ2v) is 6.65. The van der Waals surface area contributed by atoms with Crippen LogP contribution in [0.5, 0.6) is 0 Å². The van der Waals surface area contributed by atoms with Crippen molar-refractivity contribution in [1.82, 2.24) is 5.32 Å². The summed E-state index contributed by atoms with van der Waals surface area (Å²) >= 11 is 5.87. The zero-order valence-electron chi connectivity index (χ0n) is 12.3. The maximum Gasteiger partial charge on any atom is 0.322 e. The molecule has 0 spiro atoms. The van der Waals surface area contributed by atoms with Gasteiger partial charge in [-0.3, -0.25) is 4.79 Å². The van der Waals surface area contributed by atoms with Gasteiger partial charge in [-0.1, -0.05) is 35.9 Å². The quantitative estimate of drug-likeness (QED) is 0.552. The van der Waals surface area contributed by atoms with Gasteiger partial charge in [0.15, 0.2) is 0 Å². The van der Waals surface area contributed by atoms with E-state index in [1.54, 1.807) is 42.5 Å². The predicted molar refractivity (Wildman–Crippen MR) is 91.8 cm³/mol. The molecular weight excluding hydrogens is 354 g/mol. The summed E-state index contributed by atoms with van der Waals surface area (Å²) in [4.78, 5) is 10.7. The number of guanidine groups is 1. The van der Waals surface area contributed by atoms with Crippen LogP contribution in [0.2, 0.25) is 5.02 Å². The predicted octanol–water partition coefficient (Wildman–Crippen LogP) is 2.17. The number of halogens is 1. The summed E-state index contributed by atoms with van der Waals surface area (Å²) in [5.41, 5.74) is 0.461. The number of anilines is 1. The molecule has 0 aromatic heterocycles. The van der Waals surface area contributed by atoms with E-state index in [4.69, 9.17) is 16.7 Å². The van der Waals surface area contributed by atoms with Crippen molar-refractivity contribution in [1.29, 1.82) is 0 Å². The highest BCUT2D eigenvalue weighted by atomic mass is 35.5. The van der Waals surface area contributed by atoms with Crippen LogP contribution in [0.3, 0.4) is 0 Å². The summed E-state index contributed by atoms with van der Waals surface area (Å²) in [7, 11) is -4.00. The summed E-state index contributed by atoms with van der Waals surface area (Å²) in [6.45, 7) is -0.503. The zero-order chi connectivity index (χ0) is 17.6. The van der Waals surface area contributed by atoms with E-state index >= 15 is 0 Å². The molecule has 0 atom stereocenters. The van der Waals surface area contributed by atoms with E-state index in [0.29, 0.717) is 10.7 Å². The van der Waals surface area contributed by atoms with E-state index in [1.165, 1.54) is 12.1 Å². The minimum atomic E-state index is -4.00. The first kappa shape index (κ1) is 17.8. The van der Waals surface area contributed by atoms with Crippen LogP contribution in [0.4, 0.5) is 5.69 Å². The number of benzene rings is 2. The van der Waals surface area contributed by atoms with Crippen molar-refractivity contribution in [3.8, 4) is 0 Å². The molecule has 126 valence electrons. The molecule has 0 fully saturated rings. The van der Waals surface area contributed by atoms with Gasteiger partial charge in [-0.25, -0.2) is 0 Å². The minimum absolute atomic E-state index is 0.00693. The highest BCUT2D eigenvalue weighted by Crippen LogP contribution is 2.16. The first-order valence-electron chi connectivity index (χ1n) is 6.75. The Morgan fingerprint density at radius 1 is 1.12 bits per heavy atom. The molecular formula is C15H14ClN3O4S. The highest BCUT2D eigenvalue weighted by Gasteiger charge is 2.15. The smallest absolute Gasteiger partial charge is 0.322 e. The van der Waals surface area contributed by atoms with Gasteiger partial charge in [-0.15, -0.1) is 4.40 Å². The summed E-state index contributed by atoms with van der Waals surface area (Å²) < 4.78 is 28.2. The molecule has 0 bridgehead atoms. The maximum absolute atomic E-state index is 12.3. The molecule has 2 aromatic rings. The van der Waals surface area contributed by atoms with Gasteiger partial charge >= 0.3 is 5.97 Å². The fraction of sp³-hybridized carbons (Fsp3) is 0.0667. The second kappa shape index (κ2) is 7.80. The first-order chi connectivity index (χ1) is 11.4. The molecule has 3 N–H and O–H groups in total. The van der Waals surface area contributed by atoms with Gasteiger partial charge in [-0.2, -0.15) is 8.42 Å². The molecule has 0 radical (unpaired) electrons. The van der Waals surface area contributed by atoms with Crippen LogP contribution in [0.1, 0.15) is 0 Å². The van der Waals surface area contributed by atoms with Crippen molar-refractivity contribution in [3.63, 3.8) is 0 Å². The number of sulfonamides is 1. The number of nitrogens with zero attached hydrogens (tertiary/aromatic N) is 1. The van der Waals surface area contributed by atoms with Crippen molar-refractivity contribution in [2.45, 2.75) is 4.90 Å². The third-order valence-electron chi connectivity index (χ3n) is 2.75. The lowest BCUT2D eigenvalue weighted by molar-refractivity contribution is -0.135. The molecule has 0 amide bonds. The Morgan fingerprint density at radius 2 is 1.83 bits per heavy atom. The first-order valence-corrected chi connectivity index (χ1v) is 8.57. The summed E-state index contributed by atoms with van der Waals surface area (Å²) in [6.07, 6.45) is 0. The fourth-order valence-electron chi connectivity index (χ4n) is 1.73. The average molecular weight is 368 g/mol. The molecule has 24 heavy (non-hydrogen) atoms. The van der Waals surface area contributed by atoms with Crippen molar-refractivity contribution in [3.05, 3.63) is 59.6 Å². The van der Waals surface area contributed by atoms with Gasteiger partial charge in [0.1, 0.15) is 6.54 Å². The van der Waals surface area contributed by atoms with Crippen LogP contribution in [-0.4, -0.2) is 32.0 Å². The standard InChI is InChI=1S/C15H14ClN3O4S/c16-11-5-4-6-12(9-11)18-15(17-10-14(20)21)19-24(22,23)13-7-2-1-3-8-13/h1-9H,10H2,(H,20,21)(H2,17,18,19). The monoisotopic (exact) mass is 367 g/mol. The van der Waals surface area contributed by atoms with E-state index < -0.39 is 22.5 Å². The Kier molecular flexibility index (Phi) is 5.78. The van der Waals surface area contributed by atoms with Crippen LogP contribution in [0, 0.1) is 0 Å². The Bertz CT molecular complexity index is 854. The molecule has 0 aliphatic rings. The SMILES string of the molecule is O=C(O)CNC(=NS(=O)(=O)c1ccccc1)Nc1cccc(Cl)c1. The maximum atomic E-state index is 12.3. The topological polar surface area (TPSA) is 108 Å². The molecule has 7 nitrogen and oxygen atoms in total. The fourth-order valence-corrected chi connectivity index (χ4v) is 2.87. The van der Waals surface area contributed by atoms with Gasteiger partial charge in [0.2, 0.25) is 5.96 Å². The molecule has 9 heteroatoms. The number of rotatable bonds is 5. The van der Waals surface area contributed by atoms with E-state index in [9.17, 15) is 13.2 Å². The molecule has 0 saturated heterocycles. The molecule has 0 aliphatic heterocycles. The highest BCUT2D eigenvalue weighted by molar-refractivity contribution is 7.90. The summed E-state index contributed by atoms with van der Waals surface area (Å²) in [5.74, 6) is -1.38. The number of hydrogen-bond donors (Lipinski definition) is 3. The third-order valence-corrected chi connectivity index (χ3v) is 4.27.